The van der Waals surface area contributed by atoms with E-state index in [1.54, 1.807) is 30.3 Å². The zero-order chi connectivity index (χ0) is 53.9. The van der Waals surface area contributed by atoms with E-state index >= 15 is 0 Å². The van der Waals surface area contributed by atoms with E-state index in [-0.39, 0.29) is 98.6 Å². The summed E-state index contributed by atoms with van der Waals surface area (Å²) in [6.45, 7) is 0.926. The second-order valence-electron chi connectivity index (χ2n) is 17.5. The number of hydrogen-bond acceptors (Lipinski definition) is 14. The molecule has 0 unspecified atom stereocenters. The van der Waals surface area contributed by atoms with E-state index in [0.29, 0.717) is 55.6 Å². The van der Waals surface area contributed by atoms with Crippen molar-refractivity contribution in [3.05, 3.63) is 94.1 Å². The molecule has 23 nitrogen and oxygen atoms in total. The average molecular weight is 1050 g/mol. The number of aliphatic carboxylic acids is 1. The number of β-lactam (4-membered cyclic amide) rings is 1. The van der Waals surface area contributed by atoms with Crippen molar-refractivity contribution in [1.82, 2.24) is 41.4 Å². The van der Waals surface area contributed by atoms with Crippen molar-refractivity contribution >= 4 is 64.8 Å². The van der Waals surface area contributed by atoms with Crippen LogP contribution in [0.1, 0.15) is 109 Å². The number of hydrogen-bond donors (Lipinski definition) is 11. The quantitative estimate of drug-likeness (QED) is 0.0164. The Morgan fingerprint density at radius 1 is 0.649 bits per heavy atom. The lowest BCUT2D eigenvalue weighted by atomic mass is 9.86. The van der Waals surface area contributed by atoms with Gasteiger partial charge in [0.25, 0.3) is 17.7 Å². The summed E-state index contributed by atoms with van der Waals surface area (Å²) in [6, 6.07) is 13.2. The van der Waals surface area contributed by atoms with Crippen LogP contribution in [0.3, 0.4) is 0 Å². The molecular weight excluding hydrogens is 988 g/mol. The molecule has 2 aliphatic rings. The number of para-hydroxylation sites is 2. The molecule has 0 aromatic heterocycles. The first-order valence-corrected chi connectivity index (χ1v) is 24.5. The van der Waals surface area contributed by atoms with Gasteiger partial charge in [0, 0.05) is 70.0 Å². The molecular formula is C50H61ClN8O15. The number of carbonyl (C=O) groups is 9. The molecule has 74 heavy (non-hydrogen) atoms. The number of carboxylic acids is 1. The minimum atomic E-state index is -1.36. The van der Waals surface area contributed by atoms with Crippen LogP contribution in [-0.2, 0) is 33.6 Å². The lowest BCUT2D eigenvalue weighted by molar-refractivity contribution is -0.166. The molecule has 3 atom stereocenters. The Morgan fingerprint density at radius 3 is 1.84 bits per heavy atom. The molecule has 11 N–H and O–H groups in total. The van der Waals surface area contributed by atoms with Crippen LogP contribution in [0.4, 0.5) is 0 Å². The standard InChI is InChI=1S/C50H61ClN8O15/c51-33-18-19-34-42(49(71)59(34)43(33)50(72)73)56-48(70)41(30-12-3-1-4-13-30)55-38(63)21-23-40(65)58(74)29-7-2-5-24-52-37(62)20-22-39(64)57(28-11-26-54-47(69)32-15-10-17-36(61)45(32)67)27-8-6-25-53-46(68)31-14-9-16-35(60)44(31)66/h1,3-4,9-10,12-17,34,41-42,60-61,66-67,74H,2,5-8,11,18-29H2,(H,52,62)(H,53,68)(H,54,69)(H,55,63)(H,56,70)(H,72,73)/t34-,41+,42+/m1/s1. The summed E-state index contributed by atoms with van der Waals surface area (Å²) in [5.41, 5.74) is -0.171. The lowest BCUT2D eigenvalue weighted by Crippen LogP contribution is -2.72. The Labute approximate surface area is 430 Å². The van der Waals surface area contributed by atoms with Crippen molar-refractivity contribution in [1.29, 1.82) is 0 Å². The third-order valence-corrected chi connectivity index (χ3v) is 12.6. The molecule has 1 fully saturated rings. The number of unbranched alkanes of at least 4 members (excludes halogenated alkanes) is 3. The predicted molar refractivity (Wildman–Crippen MR) is 263 cm³/mol. The van der Waals surface area contributed by atoms with Gasteiger partial charge in [0.05, 0.1) is 17.2 Å². The van der Waals surface area contributed by atoms with Gasteiger partial charge in [0.15, 0.2) is 23.0 Å². The van der Waals surface area contributed by atoms with Crippen molar-refractivity contribution in [2.45, 2.75) is 95.2 Å². The van der Waals surface area contributed by atoms with Gasteiger partial charge in [-0.3, -0.25) is 48.5 Å². The highest BCUT2D eigenvalue weighted by Gasteiger charge is 2.53. The Balaban J connectivity index is 0.989. The van der Waals surface area contributed by atoms with Crippen LogP contribution in [-0.4, -0.2) is 150 Å². The highest BCUT2D eigenvalue weighted by molar-refractivity contribution is 6.32. The Hall–Kier alpha value is -7.92. The Kier molecular flexibility index (Phi) is 21.4. The van der Waals surface area contributed by atoms with Crippen LogP contribution >= 0.6 is 11.6 Å². The number of halogens is 1. The topological polar surface area (TPSA) is 345 Å². The highest BCUT2D eigenvalue weighted by atomic mass is 35.5. The van der Waals surface area contributed by atoms with Crippen LogP contribution in [0.25, 0.3) is 0 Å². The summed E-state index contributed by atoms with van der Waals surface area (Å²) in [5.74, 6) is -8.13. The molecule has 1 saturated heterocycles. The Bertz CT molecular complexity index is 2580. The maximum atomic E-state index is 13.5. The van der Waals surface area contributed by atoms with Gasteiger partial charge in [-0.05, 0) is 81.2 Å². The lowest BCUT2D eigenvalue weighted by Gasteiger charge is -2.49. The van der Waals surface area contributed by atoms with Crippen molar-refractivity contribution < 1.29 is 73.9 Å². The predicted octanol–water partition coefficient (Wildman–Crippen LogP) is 2.61. The zero-order valence-electron chi connectivity index (χ0n) is 40.4. The number of carboxylic acid groups (broad SMARTS) is 1. The fourth-order valence-corrected chi connectivity index (χ4v) is 8.53. The first kappa shape index (κ1) is 57.0. The Morgan fingerprint density at radius 2 is 1.20 bits per heavy atom. The van der Waals surface area contributed by atoms with Gasteiger partial charge in [-0.1, -0.05) is 54.1 Å². The number of aromatic hydroxyl groups is 4. The van der Waals surface area contributed by atoms with Gasteiger partial charge in [-0.2, -0.15) is 0 Å². The van der Waals surface area contributed by atoms with Gasteiger partial charge in [-0.25, -0.2) is 9.86 Å². The molecule has 0 bridgehead atoms. The van der Waals surface area contributed by atoms with Gasteiger partial charge >= 0.3 is 5.97 Å². The molecule has 2 heterocycles. The molecule has 3 aromatic rings. The number of benzene rings is 3. The van der Waals surface area contributed by atoms with Gasteiger partial charge < -0.3 is 57.0 Å². The van der Waals surface area contributed by atoms with E-state index in [2.05, 4.69) is 26.6 Å². The van der Waals surface area contributed by atoms with Crippen molar-refractivity contribution in [2.75, 3.05) is 39.3 Å². The monoisotopic (exact) mass is 1050 g/mol. The molecule has 0 spiro atoms. The average Bonchev–Trinajstić information content (AvgIpc) is 3.38. The van der Waals surface area contributed by atoms with Crippen molar-refractivity contribution in [2.24, 2.45) is 0 Å². The van der Waals surface area contributed by atoms with Gasteiger partial charge in [0.2, 0.25) is 29.5 Å². The fraction of sp³-hybridized carbons (Fsp3) is 0.420. The number of nitrogens with zero attached hydrogens (tertiary/aromatic N) is 3. The normalized spacial score (nSPS) is 15.2. The maximum Gasteiger partial charge on any atom is 0.353 e. The molecule has 3 aromatic carbocycles. The number of phenolic OH excluding ortho intramolecular Hbond substituents is 4. The number of amides is 8. The summed E-state index contributed by atoms with van der Waals surface area (Å²) >= 11 is 6.07. The first-order valence-electron chi connectivity index (χ1n) is 24.1. The van der Waals surface area contributed by atoms with Gasteiger partial charge in [0.1, 0.15) is 17.8 Å². The van der Waals surface area contributed by atoms with E-state index in [1.165, 1.54) is 41.3 Å². The minimum Gasteiger partial charge on any atom is -0.504 e. The minimum absolute atomic E-state index is 0.0331. The smallest absolute Gasteiger partial charge is 0.353 e. The third kappa shape index (κ3) is 15.8. The summed E-state index contributed by atoms with van der Waals surface area (Å²) in [4.78, 5) is 118. The van der Waals surface area contributed by atoms with Crippen LogP contribution in [0.5, 0.6) is 23.0 Å². The summed E-state index contributed by atoms with van der Waals surface area (Å²) in [5, 5.41) is 73.1. The van der Waals surface area contributed by atoms with Crippen molar-refractivity contribution in [3.8, 4) is 23.0 Å². The largest absolute Gasteiger partial charge is 0.504 e. The van der Waals surface area contributed by atoms with E-state index in [0.717, 1.165) is 4.90 Å². The van der Waals surface area contributed by atoms with Crippen molar-refractivity contribution in [3.63, 3.8) is 0 Å². The van der Waals surface area contributed by atoms with E-state index < -0.39 is 89.0 Å². The van der Waals surface area contributed by atoms with E-state index in [1.807, 2.05) is 0 Å². The summed E-state index contributed by atoms with van der Waals surface area (Å²) in [6.07, 6.45) is 1.98. The molecule has 24 heteroatoms. The second kappa shape index (κ2) is 27.8. The second-order valence-corrected chi connectivity index (χ2v) is 18.0. The number of rotatable bonds is 28. The molecule has 5 rings (SSSR count). The first-order chi connectivity index (χ1) is 35.4. The molecule has 0 aliphatic carbocycles. The molecule has 8 amide bonds. The number of hydroxylamine groups is 2. The third-order valence-electron chi connectivity index (χ3n) is 12.3. The number of nitrogens with one attached hydrogen (secondary N) is 5. The SMILES string of the molecule is O=C(CCC(=O)N(CCCCNC(=O)c1cccc(O)c1O)CCCNC(=O)c1cccc(O)c1O)NCCCCCN(O)C(=O)CCC(=O)N[C@H](C(=O)N[C@@H]1C(=O)N2C(C(=O)O)=C(Cl)CC[C@H]12)c1ccccc1. The molecule has 398 valence electrons. The molecule has 0 radical (unpaired) electrons. The summed E-state index contributed by atoms with van der Waals surface area (Å²) in [7, 11) is 0. The maximum absolute atomic E-state index is 13.5. The number of carbonyl (C=O) groups excluding carboxylic acids is 8. The van der Waals surface area contributed by atoms with Crippen LogP contribution in [0, 0.1) is 0 Å². The highest BCUT2D eigenvalue weighted by Crippen LogP contribution is 2.38. The molecule has 0 saturated carbocycles. The zero-order valence-corrected chi connectivity index (χ0v) is 41.1. The number of phenols is 4. The fourth-order valence-electron chi connectivity index (χ4n) is 8.25. The van der Waals surface area contributed by atoms with Gasteiger partial charge in [-0.15, -0.1) is 0 Å². The van der Waals surface area contributed by atoms with Crippen LogP contribution in [0.15, 0.2) is 77.5 Å². The number of fused-ring (bicyclic) bond motifs is 1. The molecule has 2 aliphatic heterocycles. The van der Waals surface area contributed by atoms with Crippen LogP contribution in [0.2, 0.25) is 0 Å². The van der Waals surface area contributed by atoms with E-state index in [4.69, 9.17) is 11.6 Å². The summed E-state index contributed by atoms with van der Waals surface area (Å²) < 4.78 is 0. The van der Waals surface area contributed by atoms with E-state index in [9.17, 15) is 73.9 Å². The number of allylic oxidation sites excluding steroid dienone is 1. The van der Waals surface area contributed by atoms with Crippen LogP contribution < -0.4 is 26.6 Å².